The lowest BCUT2D eigenvalue weighted by Gasteiger charge is -2.21. The number of halogens is 1. The van der Waals surface area contributed by atoms with Gasteiger partial charge in [-0.15, -0.1) is 0 Å². The number of aryl methyl sites for hydroxylation is 2. The van der Waals surface area contributed by atoms with Gasteiger partial charge in [-0.05, 0) is 88.8 Å². The van der Waals surface area contributed by atoms with E-state index in [9.17, 15) is 13.2 Å². The van der Waals surface area contributed by atoms with Gasteiger partial charge in [0.1, 0.15) is 0 Å². The molecule has 0 radical (unpaired) electrons. The summed E-state index contributed by atoms with van der Waals surface area (Å²) in [5.74, 6) is -0.196. The van der Waals surface area contributed by atoms with Crippen LogP contribution in [-0.2, 0) is 14.6 Å². The largest absolute Gasteiger partial charge is 0.309 e. The van der Waals surface area contributed by atoms with E-state index in [1.807, 2.05) is 27.1 Å². The van der Waals surface area contributed by atoms with E-state index in [4.69, 9.17) is 16.6 Å². The van der Waals surface area contributed by atoms with Gasteiger partial charge in [0.15, 0.2) is 15.0 Å². The Morgan fingerprint density at radius 1 is 1.03 bits per heavy atom. The number of fused-ring (bicyclic) bond motifs is 1. The fourth-order valence-electron chi connectivity index (χ4n) is 3.51. The topological polar surface area (TPSA) is 70.6 Å². The highest BCUT2D eigenvalue weighted by Gasteiger charge is 2.22. The first-order valence-electron chi connectivity index (χ1n) is 10.9. The molecule has 0 atom stereocenters. The lowest BCUT2D eigenvalue weighted by Crippen LogP contribution is -2.33. The highest BCUT2D eigenvalue weighted by molar-refractivity contribution is 7.91. The molecule has 33 heavy (non-hydrogen) atoms. The highest BCUT2D eigenvalue weighted by Crippen LogP contribution is 2.32. The van der Waals surface area contributed by atoms with Crippen molar-refractivity contribution in [3.63, 3.8) is 0 Å². The van der Waals surface area contributed by atoms with Crippen LogP contribution in [0.15, 0.2) is 41.3 Å². The molecule has 1 amide bonds. The molecule has 0 bridgehead atoms. The fourth-order valence-corrected chi connectivity index (χ4v) is 6.02. The summed E-state index contributed by atoms with van der Waals surface area (Å²) in [5, 5.41) is 1.15. The van der Waals surface area contributed by atoms with Crippen molar-refractivity contribution in [2.24, 2.45) is 0 Å². The molecule has 0 spiro atoms. The summed E-state index contributed by atoms with van der Waals surface area (Å²) in [6, 6.07) is 10.2. The fraction of sp³-hybridized carbons (Fsp3) is 0.417. The van der Waals surface area contributed by atoms with Gasteiger partial charge in [0.05, 0.1) is 20.9 Å². The molecular formula is C24H30ClN3O3S2. The summed E-state index contributed by atoms with van der Waals surface area (Å²) in [5.41, 5.74) is 3.20. The number of hydrogen-bond acceptors (Lipinski definition) is 6. The Morgan fingerprint density at radius 3 is 2.39 bits per heavy atom. The third kappa shape index (κ3) is 6.53. The van der Waals surface area contributed by atoms with Crippen molar-refractivity contribution in [2.45, 2.75) is 38.0 Å². The zero-order chi connectivity index (χ0) is 24.2. The molecule has 9 heteroatoms. The maximum Gasteiger partial charge on any atom is 0.228 e. The maximum absolute atomic E-state index is 13.2. The number of benzene rings is 2. The Hall–Kier alpha value is -2.00. The molecule has 0 saturated heterocycles. The summed E-state index contributed by atoms with van der Waals surface area (Å²) < 4.78 is 26.3. The van der Waals surface area contributed by atoms with Gasteiger partial charge in [0.25, 0.3) is 0 Å². The van der Waals surface area contributed by atoms with Crippen molar-refractivity contribution in [3.05, 3.63) is 52.5 Å². The summed E-state index contributed by atoms with van der Waals surface area (Å²) >= 11 is 7.36. The Kier molecular flexibility index (Phi) is 8.50. The zero-order valence-electron chi connectivity index (χ0n) is 19.5. The van der Waals surface area contributed by atoms with Crippen molar-refractivity contribution in [1.29, 1.82) is 0 Å². The smallest absolute Gasteiger partial charge is 0.228 e. The first-order chi connectivity index (χ1) is 15.6. The number of nitrogens with zero attached hydrogens (tertiary/aromatic N) is 3. The Morgan fingerprint density at radius 2 is 1.73 bits per heavy atom. The van der Waals surface area contributed by atoms with Gasteiger partial charge in [-0.3, -0.25) is 9.69 Å². The first kappa shape index (κ1) is 25.6. The third-order valence-electron chi connectivity index (χ3n) is 5.57. The van der Waals surface area contributed by atoms with Gasteiger partial charge in [0, 0.05) is 18.0 Å². The quantitative estimate of drug-likeness (QED) is 0.381. The molecule has 3 rings (SSSR count). The normalized spacial score (nSPS) is 11.9. The number of amides is 1. The molecule has 1 aromatic heterocycles. The van der Waals surface area contributed by atoms with Gasteiger partial charge in [0.2, 0.25) is 5.91 Å². The third-order valence-corrected chi connectivity index (χ3v) is 8.68. The van der Waals surface area contributed by atoms with Crippen LogP contribution < -0.4 is 4.90 Å². The molecule has 0 fully saturated rings. The monoisotopic (exact) mass is 507 g/mol. The Balaban J connectivity index is 1.74. The zero-order valence-corrected chi connectivity index (χ0v) is 21.9. The average molecular weight is 508 g/mol. The standard InChI is InChI=1S/C24H30ClN3O3S2/c1-17-8-13-21-23(18(17)2)26-24(32-21)28(15-6-14-27(3)4)22(29)7-5-16-33(30,31)20-11-9-19(25)10-12-20/h8-13H,5-7,14-16H2,1-4H3. The number of sulfone groups is 1. The molecule has 0 aliphatic rings. The van der Waals surface area contributed by atoms with Crippen molar-refractivity contribution in [1.82, 2.24) is 9.88 Å². The van der Waals surface area contributed by atoms with Crippen LogP contribution in [0.1, 0.15) is 30.4 Å². The van der Waals surface area contributed by atoms with Crippen LogP contribution >= 0.6 is 22.9 Å². The van der Waals surface area contributed by atoms with Crippen LogP contribution in [-0.4, -0.2) is 57.1 Å². The molecule has 0 aliphatic heterocycles. The minimum absolute atomic E-state index is 0.0932. The number of thiazole rings is 1. The molecule has 2 aromatic carbocycles. The van der Waals surface area contributed by atoms with Crippen molar-refractivity contribution in [2.75, 3.05) is 37.8 Å². The van der Waals surface area contributed by atoms with E-state index < -0.39 is 9.84 Å². The lowest BCUT2D eigenvalue weighted by atomic mass is 10.1. The van der Waals surface area contributed by atoms with E-state index in [1.54, 1.807) is 17.0 Å². The number of rotatable bonds is 10. The molecule has 1 heterocycles. The summed E-state index contributed by atoms with van der Waals surface area (Å²) in [6.07, 6.45) is 1.19. The van der Waals surface area contributed by atoms with Gasteiger partial charge in [-0.25, -0.2) is 13.4 Å². The van der Waals surface area contributed by atoms with Crippen LogP contribution in [0.5, 0.6) is 0 Å². The highest BCUT2D eigenvalue weighted by atomic mass is 35.5. The second kappa shape index (κ2) is 11.0. The Bertz CT molecular complexity index is 1220. The molecule has 6 nitrogen and oxygen atoms in total. The van der Waals surface area contributed by atoms with E-state index in [1.165, 1.54) is 23.5 Å². The van der Waals surface area contributed by atoms with Crippen molar-refractivity contribution < 1.29 is 13.2 Å². The van der Waals surface area contributed by atoms with E-state index >= 15 is 0 Å². The average Bonchev–Trinajstić information content (AvgIpc) is 3.18. The second-order valence-corrected chi connectivity index (χ2v) is 12.0. The number of carbonyl (C=O) groups excluding carboxylic acids is 1. The maximum atomic E-state index is 13.2. The molecular weight excluding hydrogens is 478 g/mol. The van der Waals surface area contributed by atoms with Crippen molar-refractivity contribution >= 4 is 54.0 Å². The lowest BCUT2D eigenvalue weighted by molar-refractivity contribution is -0.118. The molecule has 178 valence electrons. The summed E-state index contributed by atoms with van der Waals surface area (Å²) in [6.45, 7) is 5.48. The summed E-state index contributed by atoms with van der Waals surface area (Å²) in [4.78, 5) is 22.0. The van der Waals surface area contributed by atoms with Gasteiger partial charge in [-0.1, -0.05) is 29.0 Å². The van der Waals surface area contributed by atoms with Crippen molar-refractivity contribution in [3.8, 4) is 0 Å². The van der Waals surface area contributed by atoms with E-state index in [2.05, 4.69) is 17.9 Å². The van der Waals surface area contributed by atoms with Gasteiger partial charge in [-0.2, -0.15) is 0 Å². The van der Waals surface area contributed by atoms with Crippen LogP contribution in [0, 0.1) is 13.8 Å². The first-order valence-corrected chi connectivity index (χ1v) is 13.7. The number of anilines is 1. The van der Waals surface area contributed by atoms with E-state index in [0.29, 0.717) is 16.7 Å². The second-order valence-electron chi connectivity index (χ2n) is 8.43. The van der Waals surface area contributed by atoms with Gasteiger partial charge < -0.3 is 4.90 Å². The van der Waals surface area contributed by atoms with E-state index in [-0.39, 0.29) is 29.4 Å². The van der Waals surface area contributed by atoms with E-state index in [0.717, 1.165) is 34.3 Å². The molecule has 0 N–H and O–H groups in total. The van der Waals surface area contributed by atoms with Gasteiger partial charge >= 0.3 is 0 Å². The minimum Gasteiger partial charge on any atom is -0.309 e. The minimum atomic E-state index is -3.47. The summed E-state index contributed by atoms with van der Waals surface area (Å²) in [7, 11) is 0.524. The van der Waals surface area contributed by atoms with Crippen LogP contribution in [0.25, 0.3) is 10.2 Å². The van der Waals surface area contributed by atoms with Crippen LogP contribution in [0.4, 0.5) is 5.13 Å². The molecule has 0 saturated carbocycles. The number of carbonyl (C=O) groups is 1. The predicted molar refractivity (Wildman–Crippen MR) is 137 cm³/mol. The van der Waals surface area contributed by atoms with Crippen LogP contribution in [0.2, 0.25) is 5.02 Å². The number of hydrogen-bond donors (Lipinski definition) is 0. The molecule has 3 aromatic rings. The predicted octanol–water partition coefficient (Wildman–Crippen LogP) is 5.11. The number of aromatic nitrogens is 1. The van der Waals surface area contributed by atoms with Crippen LogP contribution in [0.3, 0.4) is 0 Å². The molecule has 0 unspecified atom stereocenters. The Labute approximate surface area is 205 Å². The SMILES string of the molecule is Cc1ccc2sc(N(CCCN(C)C)C(=O)CCCS(=O)(=O)c3ccc(Cl)cc3)nc2c1C. The molecule has 0 aliphatic carbocycles.